The average molecular weight is 325 g/mol. The van der Waals surface area contributed by atoms with Crippen LogP contribution in [0.15, 0.2) is 36.5 Å². The second-order valence-corrected chi connectivity index (χ2v) is 8.50. The van der Waals surface area contributed by atoms with Crippen LogP contribution in [0.25, 0.3) is 11.3 Å². The Balaban J connectivity index is 2.51. The van der Waals surface area contributed by atoms with Crippen LogP contribution < -0.4 is 4.57 Å². The Hall–Kier alpha value is -1.63. The van der Waals surface area contributed by atoms with Crippen LogP contribution in [0.2, 0.25) is 0 Å². The van der Waals surface area contributed by atoms with Crippen molar-refractivity contribution in [1.29, 1.82) is 0 Å². The van der Waals surface area contributed by atoms with E-state index in [2.05, 4.69) is 96.6 Å². The largest absolute Gasteiger partial charge is 0.212 e. The Morgan fingerprint density at radius 1 is 1.04 bits per heavy atom. The minimum absolute atomic E-state index is 0.173. The normalized spacial score (nSPS) is 13.4. The van der Waals surface area contributed by atoms with Gasteiger partial charge in [0.15, 0.2) is 6.20 Å². The third-order valence-electron chi connectivity index (χ3n) is 5.21. The van der Waals surface area contributed by atoms with Crippen LogP contribution in [0.4, 0.5) is 0 Å². The number of hydrogen-bond acceptors (Lipinski definition) is 0. The molecule has 0 radical (unpaired) electrons. The van der Waals surface area contributed by atoms with Crippen LogP contribution in [0.3, 0.4) is 0 Å². The van der Waals surface area contributed by atoms with Gasteiger partial charge in [-0.1, -0.05) is 53.7 Å². The van der Waals surface area contributed by atoms with Gasteiger partial charge >= 0.3 is 0 Å². The van der Waals surface area contributed by atoms with E-state index in [0.717, 1.165) is 0 Å². The molecule has 130 valence electrons. The fraction of sp³-hybridized carbons (Fsp3) is 0.522. The Kier molecular flexibility index (Phi) is 5.52. The predicted molar refractivity (Wildman–Crippen MR) is 104 cm³/mol. The second kappa shape index (κ2) is 7.09. The molecule has 1 unspecified atom stereocenters. The maximum Gasteiger partial charge on any atom is 0.212 e. The summed E-state index contributed by atoms with van der Waals surface area (Å²) in [4.78, 5) is 0. The molecule has 0 fully saturated rings. The highest BCUT2D eigenvalue weighted by Gasteiger charge is 2.21. The number of pyridine rings is 1. The Labute approximate surface area is 148 Å². The molecule has 0 aliphatic heterocycles. The summed E-state index contributed by atoms with van der Waals surface area (Å²) in [5, 5.41) is 0. The summed E-state index contributed by atoms with van der Waals surface area (Å²) in [5.74, 6) is 1.30. The van der Waals surface area contributed by atoms with Crippen LogP contribution in [0.1, 0.15) is 70.6 Å². The Morgan fingerprint density at radius 2 is 1.71 bits per heavy atom. The lowest BCUT2D eigenvalue weighted by Gasteiger charge is -2.21. The van der Waals surface area contributed by atoms with Crippen molar-refractivity contribution < 1.29 is 4.57 Å². The van der Waals surface area contributed by atoms with Gasteiger partial charge in [-0.25, -0.2) is 4.57 Å². The molecule has 0 amide bonds. The molecular weight excluding hydrogens is 290 g/mol. The highest BCUT2D eigenvalue weighted by atomic mass is 14.9. The van der Waals surface area contributed by atoms with Crippen molar-refractivity contribution in [3.8, 4) is 11.3 Å². The minimum Gasteiger partial charge on any atom is -0.201 e. The number of benzene rings is 1. The summed E-state index contributed by atoms with van der Waals surface area (Å²) in [7, 11) is 2.18. The van der Waals surface area contributed by atoms with Crippen LogP contribution in [-0.4, -0.2) is 0 Å². The highest BCUT2D eigenvalue weighted by molar-refractivity contribution is 5.62. The van der Waals surface area contributed by atoms with E-state index in [9.17, 15) is 0 Å². The molecule has 1 nitrogen and oxygen atoms in total. The molecule has 0 aliphatic carbocycles. The first-order valence-electron chi connectivity index (χ1n) is 9.26. The quantitative estimate of drug-likeness (QED) is 0.613. The monoisotopic (exact) mass is 324 g/mol. The molecule has 1 atom stereocenters. The van der Waals surface area contributed by atoms with Gasteiger partial charge in [0.05, 0.1) is 0 Å². The minimum atomic E-state index is 0.173. The smallest absolute Gasteiger partial charge is 0.201 e. The van der Waals surface area contributed by atoms with Crippen molar-refractivity contribution in [3.05, 3.63) is 53.2 Å². The lowest BCUT2D eigenvalue weighted by atomic mass is 9.84. The molecule has 1 heteroatoms. The van der Waals surface area contributed by atoms with Crippen LogP contribution >= 0.6 is 0 Å². The predicted octanol–water partition coefficient (Wildman–Crippen LogP) is 5.93. The number of aromatic nitrogens is 1. The number of nitrogens with zero attached hydrogens (tertiary/aromatic N) is 1. The van der Waals surface area contributed by atoms with Crippen LogP contribution in [0.5, 0.6) is 0 Å². The summed E-state index contributed by atoms with van der Waals surface area (Å²) in [6.07, 6.45) is 3.52. The summed E-state index contributed by atoms with van der Waals surface area (Å²) < 4.78 is 2.30. The van der Waals surface area contributed by atoms with Gasteiger partial charge in [-0.3, -0.25) is 0 Å². The van der Waals surface area contributed by atoms with Crippen molar-refractivity contribution in [2.45, 2.75) is 66.2 Å². The standard InChI is InChI=1S/C23H34N/c1-9-20(16(2)3)18-11-13-22(24(8)15-18)21-14-19(23(5,6)7)12-10-17(21)4/h10-16,20H,9H2,1-8H3/q+1. The van der Waals surface area contributed by atoms with Crippen molar-refractivity contribution in [2.24, 2.45) is 13.0 Å². The molecule has 0 N–H and O–H groups in total. The van der Waals surface area contributed by atoms with Crippen LogP contribution in [-0.2, 0) is 12.5 Å². The maximum absolute atomic E-state index is 2.37. The van der Waals surface area contributed by atoms with Gasteiger partial charge in [0.25, 0.3) is 0 Å². The van der Waals surface area contributed by atoms with Crippen LogP contribution in [0, 0.1) is 12.8 Å². The zero-order chi connectivity index (χ0) is 18.1. The van der Waals surface area contributed by atoms with Gasteiger partial charge in [-0.2, -0.15) is 0 Å². The lowest BCUT2D eigenvalue weighted by molar-refractivity contribution is -0.660. The Morgan fingerprint density at radius 3 is 2.21 bits per heavy atom. The van der Waals surface area contributed by atoms with E-state index in [1.54, 1.807) is 0 Å². The number of aryl methyl sites for hydroxylation is 2. The van der Waals surface area contributed by atoms with E-state index in [1.165, 1.54) is 34.4 Å². The van der Waals surface area contributed by atoms with Crippen molar-refractivity contribution in [1.82, 2.24) is 0 Å². The molecule has 0 aliphatic rings. The summed E-state index contributed by atoms with van der Waals surface area (Å²) in [6, 6.07) is 11.5. The first kappa shape index (κ1) is 18.7. The van der Waals surface area contributed by atoms with Crippen molar-refractivity contribution in [3.63, 3.8) is 0 Å². The van der Waals surface area contributed by atoms with E-state index in [-0.39, 0.29) is 5.41 Å². The molecule has 1 aromatic carbocycles. The SMILES string of the molecule is CCC(c1ccc(-c2cc(C(C)(C)C)ccc2C)[n+](C)c1)C(C)C. The third kappa shape index (κ3) is 3.88. The van der Waals surface area contributed by atoms with Gasteiger partial charge in [0, 0.05) is 17.2 Å². The van der Waals surface area contributed by atoms with E-state index in [1.807, 2.05) is 0 Å². The van der Waals surface area contributed by atoms with Gasteiger partial charge in [0.2, 0.25) is 5.69 Å². The van der Waals surface area contributed by atoms with Gasteiger partial charge in [-0.05, 0) is 53.9 Å². The molecule has 2 aromatic rings. The highest BCUT2D eigenvalue weighted by Crippen LogP contribution is 2.31. The number of rotatable bonds is 4. The molecule has 0 bridgehead atoms. The van der Waals surface area contributed by atoms with Crippen molar-refractivity contribution >= 4 is 0 Å². The molecule has 0 saturated carbocycles. The Bertz CT molecular complexity index is 704. The zero-order valence-electron chi connectivity index (χ0n) is 16.8. The molecule has 24 heavy (non-hydrogen) atoms. The second-order valence-electron chi connectivity index (χ2n) is 8.50. The molecule has 0 spiro atoms. The third-order valence-corrected chi connectivity index (χ3v) is 5.21. The fourth-order valence-corrected chi connectivity index (χ4v) is 3.58. The molecule has 2 rings (SSSR count). The lowest BCUT2D eigenvalue weighted by Crippen LogP contribution is -2.32. The van der Waals surface area contributed by atoms with Crippen molar-refractivity contribution in [2.75, 3.05) is 0 Å². The van der Waals surface area contributed by atoms with Gasteiger partial charge in [0.1, 0.15) is 7.05 Å². The summed E-state index contributed by atoms with van der Waals surface area (Å²) in [6.45, 7) is 16.0. The van der Waals surface area contributed by atoms with E-state index in [4.69, 9.17) is 0 Å². The molecular formula is C23H34N+. The first-order chi connectivity index (χ1) is 11.1. The molecule has 0 saturated heterocycles. The van der Waals surface area contributed by atoms with E-state index in [0.29, 0.717) is 11.8 Å². The average Bonchev–Trinajstić information content (AvgIpc) is 2.47. The zero-order valence-corrected chi connectivity index (χ0v) is 16.8. The topological polar surface area (TPSA) is 3.88 Å². The summed E-state index contributed by atoms with van der Waals surface area (Å²) >= 11 is 0. The number of hydrogen-bond donors (Lipinski definition) is 0. The maximum atomic E-state index is 2.37. The van der Waals surface area contributed by atoms with E-state index >= 15 is 0 Å². The van der Waals surface area contributed by atoms with E-state index < -0.39 is 0 Å². The molecule has 1 heterocycles. The molecule has 1 aromatic heterocycles. The fourth-order valence-electron chi connectivity index (χ4n) is 3.58. The van der Waals surface area contributed by atoms with Gasteiger partial charge in [-0.15, -0.1) is 0 Å². The van der Waals surface area contributed by atoms with Gasteiger partial charge < -0.3 is 0 Å². The first-order valence-corrected chi connectivity index (χ1v) is 9.26. The summed E-state index contributed by atoms with van der Waals surface area (Å²) in [5.41, 5.74) is 6.98.